The first kappa shape index (κ1) is 63.1. The zero-order valence-electron chi connectivity index (χ0n) is 44.0. The van der Waals surface area contributed by atoms with Crippen molar-refractivity contribution >= 4 is 17.9 Å². The fourth-order valence-corrected chi connectivity index (χ4v) is 8.84. The number of unbranched alkanes of at least 4 members (excludes halogenated alkanes) is 41. The van der Waals surface area contributed by atoms with E-state index >= 15 is 0 Å². The molecule has 0 radical (unpaired) electrons. The average molecular weight is 918 g/mol. The van der Waals surface area contributed by atoms with Gasteiger partial charge in [0, 0.05) is 19.3 Å². The summed E-state index contributed by atoms with van der Waals surface area (Å²) >= 11 is 0. The van der Waals surface area contributed by atoms with E-state index in [1.54, 1.807) is 0 Å². The minimum absolute atomic E-state index is 0.0676. The summed E-state index contributed by atoms with van der Waals surface area (Å²) in [6, 6.07) is 0. The summed E-state index contributed by atoms with van der Waals surface area (Å²) in [5.41, 5.74) is 0. The van der Waals surface area contributed by atoms with Crippen LogP contribution in [0.1, 0.15) is 329 Å². The Kier molecular flexibility index (Phi) is 53.2. The van der Waals surface area contributed by atoms with Gasteiger partial charge in [-0.2, -0.15) is 0 Å². The molecule has 0 saturated carbocycles. The highest BCUT2D eigenvalue weighted by molar-refractivity contribution is 5.71. The molecule has 0 N–H and O–H groups in total. The van der Waals surface area contributed by atoms with E-state index < -0.39 is 6.10 Å². The first-order chi connectivity index (χ1) is 32.0. The van der Waals surface area contributed by atoms with E-state index in [2.05, 4.69) is 32.9 Å². The number of carbonyl (C=O) groups excluding carboxylic acids is 3. The Balaban J connectivity index is 4.23. The first-order valence-electron chi connectivity index (χ1n) is 29.2. The molecule has 6 nitrogen and oxygen atoms in total. The largest absolute Gasteiger partial charge is 0.462 e. The molecule has 0 spiro atoms. The van der Waals surface area contributed by atoms with Gasteiger partial charge in [0.15, 0.2) is 6.10 Å². The molecule has 0 aliphatic carbocycles. The van der Waals surface area contributed by atoms with Crippen LogP contribution in [-0.4, -0.2) is 37.2 Å². The van der Waals surface area contributed by atoms with Crippen molar-refractivity contribution in [2.24, 2.45) is 0 Å². The fourth-order valence-electron chi connectivity index (χ4n) is 8.84. The zero-order chi connectivity index (χ0) is 47.2. The second-order valence-corrected chi connectivity index (χ2v) is 19.9. The second kappa shape index (κ2) is 54.8. The average Bonchev–Trinajstić information content (AvgIpc) is 3.30. The monoisotopic (exact) mass is 917 g/mol. The molecule has 0 bridgehead atoms. The molecule has 1 atom stereocenters. The van der Waals surface area contributed by atoms with Crippen molar-refractivity contribution in [2.75, 3.05) is 13.2 Å². The third kappa shape index (κ3) is 53.0. The van der Waals surface area contributed by atoms with E-state index in [1.807, 2.05) is 0 Å². The van der Waals surface area contributed by atoms with Crippen LogP contribution >= 0.6 is 0 Å². The number of hydrogen-bond donors (Lipinski definition) is 0. The third-order valence-corrected chi connectivity index (χ3v) is 13.3. The number of carbonyl (C=O) groups is 3. The highest BCUT2D eigenvalue weighted by Gasteiger charge is 2.19. The Morgan fingerprint density at radius 2 is 0.523 bits per heavy atom. The summed E-state index contributed by atoms with van der Waals surface area (Å²) in [7, 11) is 0. The maximum atomic E-state index is 12.8. The predicted molar refractivity (Wildman–Crippen MR) is 280 cm³/mol. The number of hydrogen-bond acceptors (Lipinski definition) is 6. The Hall–Kier alpha value is -1.85. The Morgan fingerprint density at radius 3 is 0.815 bits per heavy atom. The van der Waals surface area contributed by atoms with E-state index in [9.17, 15) is 14.4 Å². The lowest BCUT2D eigenvalue weighted by atomic mass is 10.0. The van der Waals surface area contributed by atoms with E-state index in [4.69, 9.17) is 14.2 Å². The van der Waals surface area contributed by atoms with Crippen LogP contribution in [0.5, 0.6) is 0 Å². The molecule has 0 heterocycles. The molecule has 0 aromatic rings. The van der Waals surface area contributed by atoms with Gasteiger partial charge < -0.3 is 14.2 Å². The van der Waals surface area contributed by atoms with Crippen molar-refractivity contribution in [1.82, 2.24) is 0 Å². The van der Waals surface area contributed by atoms with Crippen LogP contribution in [0.3, 0.4) is 0 Å². The van der Waals surface area contributed by atoms with Gasteiger partial charge in [-0.15, -0.1) is 0 Å². The lowest BCUT2D eigenvalue weighted by Crippen LogP contribution is -2.30. The van der Waals surface area contributed by atoms with Gasteiger partial charge in [0.1, 0.15) is 13.2 Å². The number of esters is 3. The highest BCUT2D eigenvalue weighted by Crippen LogP contribution is 2.17. The summed E-state index contributed by atoms with van der Waals surface area (Å²) in [5.74, 6) is -0.853. The zero-order valence-corrected chi connectivity index (χ0v) is 44.0. The molecule has 0 saturated heterocycles. The normalized spacial score (nSPS) is 12.0. The molecular weight excluding hydrogens is 805 g/mol. The van der Waals surface area contributed by atoms with Crippen LogP contribution in [0.4, 0.5) is 0 Å². The van der Waals surface area contributed by atoms with E-state index in [0.29, 0.717) is 19.3 Å². The Labute approximate surface area is 405 Å². The summed E-state index contributed by atoms with van der Waals surface area (Å²) in [5, 5.41) is 0. The summed E-state index contributed by atoms with van der Waals surface area (Å²) < 4.78 is 16.9. The predicted octanol–water partition coefficient (Wildman–Crippen LogP) is 19.3. The van der Waals surface area contributed by atoms with Gasteiger partial charge in [-0.1, -0.05) is 283 Å². The minimum atomic E-state index is -0.768. The van der Waals surface area contributed by atoms with E-state index in [-0.39, 0.29) is 31.1 Å². The van der Waals surface area contributed by atoms with Gasteiger partial charge in [0.2, 0.25) is 0 Å². The van der Waals surface area contributed by atoms with Crippen molar-refractivity contribution in [2.45, 2.75) is 335 Å². The first-order valence-corrected chi connectivity index (χ1v) is 29.2. The Morgan fingerprint density at radius 1 is 0.292 bits per heavy atom. The molecule has 0 aromatic carbocycles. The maximum Gasteiger partial charge on any atom is 0.306 e. The maximum absolute atomic E-state index is 12.8. The third-order valence-electron chi connectivity index (χ3n) is 13.3. The van der Waals surface area contributed by atoms with Crippen LogP contribution in [0, 0.1) is 0 Å². The number of allylic oxidation sites excluding steroid dienone is 2. The van der Waals surface area contributed by atoms with Crippen molar-refractivity contribution < 1.29 is 28.6 Å². The fraction of sp³-hybridized carbons (Fsp3) is 0.915. The van der Waals surface area contributed by atoms with Crippen LogP contribution in [0.15, 0.2) is 12.2 Å². The van der Waals surface area contributed by atoms with Crippen LogP contribution in [0.25, 0.3) is 0 Å². The van der Waals surface area contributed by atoms with Crippen LogP contribution in [0.2, 0.25) is 0 Å². The lowest BCUT2D eigenvalue weighted by Gasteiger charge is -2.18. The topological polar surface area (TPSA) is 78.9 Å². The van der Waals surface area contributed by atoms with E-state index in [0.717, 1.165) is 64.2 Å². The quantitative estimate of drug-likeness (QED) is 0.0262. The van der Waals surface area contributed by atoms with Gasteiger partial charge in [0.05, 0.1) is 0 Å². The molecule has 0 fully saturated rings. The SMILES string of the molecule is CCCC/C=C\CCCCCCCC(=O)OC(COC(=O)CCCCCCCCCCCCCCCCCCC)COC(=O)CCCCCCCCCCCCCCCCCCCCC. The molecule has 0 aliphatic heterocycles. The molecule has 0 amide bonds. The second-order valence-electron chi connectivity index (χ2n) is 19.9. The molecule has 1 unspecified atom stereocenters. The molecule has 0 rings (SSSR count). The molecule has 0 aliphatic rings. The molecule has 65 heavy (non-hydrogen) atoms. The number of rotatable bonds is 54. The minimum Gasteiger partial charge on any atom is -0.462 e. The smallest absolute Gasteiger partial charge is 0.306 e. The van der Waals surface area contributed by atoms with Gasteiger partial charge in [0.25, 0.3) is 0 Å². The molecule has 384 valence electrons. The molecule has 0 aromatic heterocycles. The van der Waals surface area contributed by atoms with Crippen LogP contribution < -0.4 is 0 Å². The summed E-state index contributed by atoms with van der Waals surface area (Å²) in [6.45, 7) is 6.66. The van der Waals surface area contributed by atoms with Gasteiger partial charge in [-0.05, 0) is 38.5 Å². The van der Waals surface area contributed by atoms with Crippen molar-refractivity contribution in [3.8, 4) is 0 Å². The van der Waals surface area contributed by atoms with Gasteiger partial charge in [-0.3, -0.25) is 14.4 Å². The van der Waals surface area contributed by atoms with Gasteiger partial charge >= 0.3 is 17.9 Å². The van der Waals surface area contributed by atoms with Gasteiger partial charge in [-0.25, -0.2) is 0 Å². The molecular formula is C59H112O6. The molecule has 6 heteroatoms. The van der Waals surface area contributed by atoms with E-state index in [1.165, 1.54) is 225 Å². The lowest BCUT2D eigenvalue weighted by molar-refractivity contribution is -0.167. The van der Waals surface area contributed by atoms with Crippen LogP contribution in [-0.2, 0) is 28.6 Å². The van der Waals surface area contributed by atoms with Crippen molar-refractivity contribution in [1.29, 1.82) is 0 Å². The van der Waals surface area contributed by atoms with Crippen molar-refractivity contribution in [3.63, 3.8) is 0 Å². The van der Waals surface area contributed by atoms with Crippen molar-refractivity contribution in [3.05, 3.63) is 12.2 Å². The Bertz CT molecular complexity index is 1010. The standard InChI is InChI=1S/C59H112O6/c1-4-7-10-13-16-19-22-24-26-28-29-31-33-35-38-40-43-46-49-52-58(61)64-55-56(65-59(62)53-50-47-44-41-36-21-18-15-12-9-6-3)54-63-57(60)51-48-45-42-39-37-34-32-30-27-25-23-20-17-14-11-8-5-2/h15,18,56H,4-14,16-17,19-55H2,1-3H3/b18-15-. The number of ether oxygens (including phenoxy) is 3. The summed E-state index contributed by atoms with van der Waals surface area (Å²) in [6.07, 6.45) is 62.1. The highest BCUT2D eigenvalue weighted by atomic mass is 16.6. The summed E-state index contributed by atoms with van der Waals surface area (Å²) in [4.78, 5) is 38.1.